The summed E-state index contributed by atoms with van der Waals surface area (Å²) in [6.45, 7) is 0. The van der Waals surface area contributed by atoms with Gasteiger partial charge in [0, 0.05) is 27.1 Å². The first kappa shape index (κ1) is 16.9. The Bertz CT molecular complexity index is 254. The van der Waals surface area contributed by atoms with E-state index in [1.165, 1.54) is 0 Å². The van der Waals surface area contributed by atoms with Crippen LogP contribution in [-0.2, 0) is 0 Å². The molecule has 15 heavy (non-hydrogen) atoms. The van der Waals surface area contributed by atoms with Crippen LogP contribution in [0, 0.1) is 5.97 Å². The van der Waals surface area contributed by atoms with E-state index >= 15 is 0 Å². The van der Waals surface area contributed by atoms with Gasteiger partial charge in [-0.2, -0.15) is 0 Å². The third kappa shape index (κ3) is 87.7. The first-order valence-electron chi connectivity index (χ1n) is 3.57. The molecular formula is C5H12BF6N2P. The fourth-order valence-corrected chi connectivity index (χ4v) is 0.231. The topological polar surface area (TPSA) is 4.36 Å². The maximum absolute atomic E-state index is 10.7. The van der Waals surface area contributed by atoms with Gasteiger partial charge in [0.1, 0.15) is 0 Å². The van der Waals surface area contributed by atoms with Crippen molar-refractivity contribution in [1.82, 2.24) is 0 Å². The van der Waals surface area contributed by atoms with Gasteiger partial charge in [0.25, 0.3) is 0 Å². The Kier molecular flexibility index (Phi) is 4.33. The third-order valence-electron chi connectivity index (χ3n) is 0.574. The first-order chi connectivity index (χ1) is 6.01. The molecule has 0 bridgehead atoms. The van der Waals surface area contributed by atoms with Crippen LogP contribution >= 0.6 is 7.81 Å². The second-order valence-corrected chi connectivity index (χ2v) is 5.47. The molecular weight excluding hydrogens is 244 g/mol. The zero-order valence-electron chi connectivity index (χ0n) is 8.69. The molecule has 0 saturated carbocycles. The van der Waals surface area contributed by atoms with Crippen LogP contribution in [0.4, 0.5) is 25.2 Å². The fraction of sp³-hybridized carbons (Fsp3) is 0.800. The molecule has 0 aromatic rings. The van der Waals surface area contributed by atoms with Crippen molar-refractivity contribution in [3.05, 3.63) is 4.85 Å². The molecule has 0 aromatic carbocycles. The molecule has 10 heteroatoms. The minimum atomic E-state index is -10.7. The zero-order valence-corrected chi connectivity index (χ0v) is 9.58. The number of hydrogen-bond acceptors (Lipinski definition) is 0. The van der Waals surface area contributed by atoms with Gasteiger partial charge in [0.15, 0.2) is 7.41 Å². The van der Waals surface area contributed by atoms with Gasteiger partial charge in [-0.25, -0.2) is 0 Å². The van der Waals surface area contributed by atoms with Crippen molar-refractivity contribution in [1.29, 1.82) is 0 Å². The summed E-state index contributed by atoms with van der Waals surface area (Å²) in [5, 5.41) is 0. The van der Waals surface area contributed by atoms with Gasteiger partial charge in [-0.3, -0.25) is 0 Å². The molecule has 0 aliphatic rings. The van der Waals surface area contributed by atoms with Crippen LogP contribution < -0.4 is 0 Å². The molecule has 0 rings (SSSR count). The summed E-state index contributed by atoms with van der Waals surface area (Å²) in [5.41, 5.74) is 0. The normalized spacial score (nSPS) is 16.1. The minimum absolute atomic E-state index is 0.775. The van der Waals surface area contributed by atoms with Crippen LogP contribution in [-0.4, -0.2) is 40.0 Å². The van der Waals surface area contributed by atoms with E-state index in [0.717, 1.165) is 4.39 Å². The molecule has 2 nitrogen and oxygen atoms in total. The van der Waals surface area contributed by atoms with E-state index in [1.807, 2.05) is 7.41 Å². The van der Waals surface area contributed by atoms with Crippen molar-refractivity contribution in [2.75, 3.05) is 28.2 Å². The van der Waals surface area contributed by atoms with E-state index in [-0.39, 0.29) is 0 Å². The second-order valence-electron chi connectivity index (χ2n) is 3.56. The Morgan fingerprint density at radius 1 is 1.00 bits per heavy atom. The van der Waals surface area contributed by atoms with Crippen molar-refractivity contribution in [2.24, 2.45) is 0 Å². The van der Waals surface area contributed by atoms with Gasteiger partial charge in [0.05, 0.1) is 0 Å². The average molecular weight is 256 g/mol. The van der Waals surface area contributed by atoms with E-state index < -0.39 is 7.81 Å². The molecule has 0 heterocycles. The average Bonchev–Trinajstić information content (AvgIpc) is 1.73. The van der Waals surface area contributed by atoms with Crippen LogP contribution in [0.1, 0.15) is 0 Å². The van der Waals surface area contributed by atoms with E-state index in [0.29, 0.717) is 0 Å². The molecule has 0 aliphatic carbocycles. The Hall–Kier alpha value is -0.475. The Morgan fingerprint density at radius 3 is 1.33 bits per heavy atom. The van der Waals surface area contributed by atoms with Gasteiger partial charge >= 0.3 is 33.0 Å². The van der Waals surface area contributed by atoms with Crippen LogP contribution in [0.3, 0.4) is 0 Å². The van der Waals surface area contributed by atoms with Crippen molar-refractivity contribution in [3.63, 3.8) is 0 Å². The summed E-state index contributed by atoms with van der Waals surface area (Å²) < 4.78 is 60.0. The molecule has 0 spiro atoms. The molecule has 0 atom stereocenters. The predicted octanol–water partition coefficient (Wildman–Crippen LogP) is 3.61. The van der Waals surface area contributed by atoms with Crippen LogP contribution in [0.2, 0.25) is 0 Å². The van der Waals surface area contributed by atoms with Crippen LogP contribution in [0.15, 0.2) is 0 Å². The maximum atomic E-state index is 9.87. The summed E-state index contributed by atoms with van der Waals surface area (Å²) >= 11 is 0. The molecule has 0 amide bonds. The first-order valence-corrected chi connectivity index (χ1v) is 5.60. The van der Waals surface area contributed by atoms with Gasteiger partial charge in [-0.05, 0) is 0 Å². The van der Waals surface area contributed by atoms with Crippen molar-refractivity contribution in [2.45, 2.75) is 0 Å². The summed E-state index contributed by atoms with van der Waals surface area (Å²) in [7, 11) is -0.893. The number of hydrogen-bond donors (Lipinski definition) is 0. The van der Waals surface area contributed by atoms with Gasteiger partial charge in [0.2, 0.25) is 7.05 Å². The number of rotatable bonds is 1. The van der Waals surface area contributed by atoms with E-state index in [2.05, 4.69) is 32.0 Å². The zero-order chi connectivity index (χ0) is 13.0. The molecule has 0 saturated heterocycles. The summed E-state index contributed by atoms with van der Waals surface area (Å²) in [6.07, 6.45) is 0. The number of nitrogens with zero attached hydrogens (tertiary/aromatic N) is 2. The summed E-state index contributed by atoms with van der Waals surface area (Å²) in [4.78, 5) is 3.70. The molecule has 0 N–H and O–H groups in total. The molecule has 0 aliphatic heterocycles. The Labute approximate surface area is 84.8 Å². The van der Waals surface area contributed by atoms with Gasteiger partial charge in [-0.1, -0.05) is 0 Å². The molecule has 0 fully saturated rings. The molecule has 92 valence electrons. The van der Waals surface area contributed by atoms with Crippen molar-refractivity contribution in [3.8, 4) is 5.97 Å². The van der Waals surface area contributed by atoms with Crippen molar-refractivity contribution < 1.29 is 29.6 Å². The second kappa shape index (κ2) is 3.83. The van der Waals surface area contributed by atoms with E-state index in [4.69, 9.17) is 0 Å². The molecule has 0 aromatic heterocycles. The number of halogens is 6. The standard InChI is InChI=1S/C5H12BN2.F6P/c1-7-5-6-8(2,3)4;1-7(2,3,4,5)6/h1-4H3;/q+1;-1. The summed E-state index contributed by atoms with van der Waals surface area (Å²) in [6, 6.07) is 0. The van der Waals surface area contributed by atoms with E-state index in [1.54, 1.807) is 7.05 Å². The van der Waals surface area contributed by atoms with Crippen LogP contribution in [0.25, 0.3) is 4.85 Å². The quantitative estimate of drug-likeness (QED) is 0.383. The molecule has 0 unspecified atom stereocenters. The Balaban J connectivity index is 0. The SMILES string of the molecule is C[N+]#C[B-][N+](C)(C)C.F[P-](F)(F)(F)(F)F. The summed E-state index contributed by atoms with van der Waals surface area (Å²) in [5.74, 6) is 2.76. The number of quaternary nitrogens is 1. The third-order valence-corrected chi connectivity index (χ3v) is 0.574. The predicted molar refractivity (Wildman–Crippen MR) is 50.5 cm³/mol. The van der Waals surface area contributed by atoms with Crippen molar-refractivity contribution >= 4 is 15.2 Å². The monoisotopic (exact) mass is 256 g/mol. The van der Waals surface area contributed by atoms with Gasteiger partial charge in [-0.15, -0.1) is 4.85 Å². The Morgan fingerprint density at radius 2 is 1.27 bits per heavy atom. The molecule has 2 radical (unpaired) electrons. The van der Waals surface area contributed by atoms with E-state index in [9.17, 15) is 25.2 Å². The van der Waals surface area contributed by atoms with Gasteiger partial charge < -0.3 is 4.39 Å². The van der Waals surface area contributed by atoms with Crippen LogP contribution in [0.5, 0.6) is 0 Å². The fourth-order valence-electron chi connectivity index (χ4n) is 0.231.